The van der Waals surface area contributed by atoms with Crippen LogP contribution in [0.15, 0.2) is 91.0 Å². The topological polar surface area (TPSA) is 29.1 Å². The molecule has 0 spiro atoms. The molecule has 3 rings (SSSR count). The summed E-state index contributed by atoms with van der Waals surface area (Å²) < 4.78 is 0. The summed E-state index contributed by atoms with van der Waals surface area (Å²) in [6.45, 7) is 0.738. The molecule has 138 valence electrons. The second-order valence-corrected chi connectivity index (χ2v) is 6.87. The molecular weight excluding hydrogens is 330 g/mol. The molecule has 0 heterocycles. The number of hydrogen-bond acceptors (Lipinski definition) is 1. The third-order valence-corrected chi connectivity index (χ3v) is 4.85. The molecule has 0 unspecified atom stereocenters. The van der Waals surface area contributed by atoms with E-state index in [4.69, 9.17) is 0 Å². The van der Waals surface area contributed by atoms with E-state index in [1.165, 1.54) is 16.7 Å². The maximum atomic E-state index is 12.5. The predicted octanol–water partition coefficient (Wildman–Crippen LogP) is 5.35. The van der Waals surface area contributed by atoms with E-state index in [2.05, 4.69) is 53.8 Å². The first-order valence-electron chi connectivity index (χ1n) is 9.73. The van der Waals surface area contributed by atoms with Gasteiger partial charge in [0.1, 0.15) is 0 Å². The number of amides is 1. The minimum absolute atomic E-state index is 0.0942. The summed E-state index contributed by atoms with van der Waals surface area (Å²) in [7, 11) is 0. The van der Waals surface area contributed by atoms with Crippen LogP contribution in [0.4, 0.5) is 0 Å². The maximum Gasteiger partial charge on any atom is 0.220 e. The summed E-state index contributed by atoms with van der Waals surface area (Å²) in [6.07, 6.45) is 3.63. The number of carbonyl (C=O) groups is 1. The molecule has 0 atom stereocenters. The van der Waals surface area contributed by atoms with Gasteiger partial charge in [0.2, 0.25) is 5.91 Å². The molecule has 0 fully saturated rings. The normalized spacial score (nSPS) is 10.7. The van der Waals surface area contributed by atoms with E-state index in [1.54, 1.807) is 0 Å². The van der Waals surface area contributed by atoms with Crippen LogP contribution < -0.4 is 5.32 Å². The van der Waals surface area contributed by atoms with Gasteiger partial charge in [-0.3, -0.25) is 4.79 Å². The molecule has 3 aromatic carbocycles. The number of carbonyl (C=O) groups excluding carboxylic acids is 1. The quantitative estimate of drug-likeness (QED) is 0.514. The maximum absolute atomic E-state index is 12.5. The first-order chi connectivity index (χ1) is 13.3. The number of benzene rings is 3. The van der Waals surface area contributed by atoms with E-state index < -0.39 is 0 Å². The highest BCUT2D eigenvalue weighted by Crippen LogP contribution is 2.27. The number of rotatable bonds is 9. The van der Waals surface area contributed by atoms with Crippen LogP contribution in [0.25, 0.3) is 0 Å². The van der Waals surface area contributed by atoms with Crippen molar-refractivity contribution in [3.63, 3.8) is 0 Å². The first-order valence-corrected chi connectivity index (χ1v) is 9.73. The molecule has 0 aliphatic heterocycles. The Morgan fingerprint density at radius 2 is 1.22 bits per heavy atom. The zero-order valence-electron chi connectivity index (χ0n) is 15.7. The Kier molecular flexibility index (Phi) is 7.23. The largest absolute Gasteiger partial charge is 0.356 e. The Labute approximate surface area is 162 Å². The third kappa shape index (κ3) is 6.10. The van der Waals surface area contributed by atoms with Crippen molar-refractivity contribution < 1.29 is 4.79 Å². The van der Waals surface area contributed by atoms with Crippen LogP contribution in [0.2, 0.25) is 0 Å². The Morgan fingerprint density at radius 1 is 0.704 bits per heavy atom. The van der Waals surface area contributed by atoms with Crippen molar-refractivity contribution in [1.29, 1.82) is 0 Å². The standard InChI is InChI=1S/C25H27NO/c27-25(26-19-11-10-14-21-12-4-1-5-13-21)20-24(22-15-6-2-7-16-22)23-17-8-3-9-18-23/h1-9,12-13,15-18,24H,10-11,14,19-20H2,(H,26,27). The lowest BCUT2D eigenvalue weighted by molar-refractivity contribution is -0.121. The molecule has 0 saturated heterocycles. The first kappa shape index (κ1) is 18.9. The van der Waals surface area contributed by atoms with Crippen LogP contribution >= 0.6 is 0 Å². The summed E-state index contributed by atoms with van der Waals surface area (Å²) >= 11 is 0. The van der Waals surface area contributed by atoms with Gasteiger partial charge in [0.25, 0.3) is 0 Å². The van der Waals surface area contributed by atoms with Crippen LogP contribution in [0, 0.1) is 0 Å². The Hall–Kier alpha value is -2.87. The highest BCUT2D eigenvalue weighted by Gasteiger charge is 2.17. The number of nitrogens with one attached hydrogen (secondary N) is 1. The number of hydrogen-bond donors (Lipinski definition) is 1. The predicted molar refractivity (Wildman–Crippen MR) is 112 cm³/mol. The van der Waals surface area contributed by atoms with Crippen LogP contribution in [-0.4, -0.2) is 12.5 Å². The second-order valence-electron chi connectivity index (χ2n) is 6.87. The van der Waals surface area contributed by atoms with Gasteiger partial charge >= 0.3 is 0 Å². The summed E-state index contributed by atoms with van der Waals surface area (Å²) in [5.41, 5.74) is 3.72. The molecule has 0 aliphatic rings. The van der Waals surface area contributed by atoms with E-state index >= 15 is 0 Å². The lowest BCUT2D eigenvalue weighted by Gasteiger charge is -2.18. The Balaban J connectivity index is 1.49. The molecule has 1 amide bonds. The Morgan fingerprint density at radius 3 is 1.78 bits per heavy atom. The van der Waals surface area contributed by atoms with Crippen LogP contribution in [0.1, 0.15) is 41.9 Å². The summed E-state index contributed by atoms with van der Waals surface area (Å²) in [5.74, 6) is 0.212. The lowest BCUT2D eigenvalue weighted by Crippen LogP contribution is -2.26. The molecule has 0 radical (unpaired) electrons. The van der Waals surface area contributed by atoms with Crippen molar-refractivity contribution in [3.05, 3.63) is 108 Å². The van der Waals surface area contributed by atoms with Gasteiger partial charge in [-0.2, -0.15) is 0 Å². The van der Waals surface area contributed by atoms with Gasteiger partial charge in [-0.05, 0) is 36.0 Å². The van der Waals surface area contributed by atoms with Gasteiger partial charge in [-0.25, -0.2) is 0 Å². The molecule has 2 heteroatoms. The molecule has 0 saturated carbocycles. The highest BCUT2D eigenvalue weighted by atomic mass is 16.1. The van der Waals surface area contributed by atoms with Crippen LogP contribution in [-0.2, 0) is 11.2 Å². The van der Waals surface area contributed by atoms with Crippen LogP contribution in [0.3, 0.4) is 0 Å². The number of aryl methyl sites for hydroxylation is 1. The van der Waals surface area contributed by atoms with Crippen molar-refractivity contribution in [3.8, 4) is 0 Å². The van der Waals surface area contributed by atoms with E-state index in [1.807, 2.05) is 42.5 Å². The van der Waals surface area contributed by atoms with Crippen molar-refractivity contribution in [2.75, 3.05) is 6.54 Å². The zero-order valence-corrected chi connectivity index (χ0v) is 15.7. The van der Waals surface area contributed by atoms with Crippen molar-refractivity contribution >= 4 is 5.91 Å². The smallest absolute Gasteiger partial charge is 0.220 e. The molecule has 0 aliphatic carbocycles. The average molecular weight is 357 g/mol. The van der Waals surface area contributed by atoms with Gasteiger partial charge in [0.05, 0.1) is 0 Å². The van der Waals surface area contributed by atoms with Crippen molar-refractivity contribution in [2.24, 2.45) is 0 Å². The summed E-state index contributed by atoms with van der Waals surface area (Å²) in [5, 5.41) is 3.10. The van der Waals surface area contributed by atoms with Gasteiger partial charge in [-0.15, -0.1) is 0 Å². The fraction of sp³-hybridized carbons (Fsp3) is 0.240. The van der Waals surface area contributed by atoms with E-state index in [0.29, 0.717) is 6.42 Å². The molecule has 0 bridgehead atoms. The van der Waals surface area contributed by atoms with E-state index in [0.717, 1.165) is 25.8 Å². The van der Waals surface area contributed by atoms with Crippen molar-refractivity contribution in [1.82, 2.24) is 5.32 Å². The van der Waals surface area contributed by atoms with E-state index in [9.17, 15) is 4.79 Å². The van der Waals surface area contributed by atoms with Gasteiger partial charge in [0.15, 0.2) is 0 Å². The molecule has 2 nitrogen and oxygen atoms in total. The van der Waals surface area contributed by atoms with Gasteiger partial charge < -0.3 is 5.32 Å². The molecule has 0 aromatic heterocycles. The third-order valence-electron chi connectivity index (χ3n) is 4.85. The molecule has 27 heavy (non-hydrogen) atoms. The monoisotopic (exact) mass is 357 g/mol. The Bertz CT molecular complexity index is 760. The average Bonchev–Trinajstić information content (AvgIpc) is 2.74. The highest BCUT2D eigenvalue weighted by molar-refractivity contribution is 5.77. The van der Waals surface area contributed by atoms with E-state index in [-0.39, 0.29) is 11.8 Å². The number of unbranched alkanes of at least 4 members (excludes halogenated alkanes) is 1. The second kappa shape index (κ2) is 10.3. The van der Waals surface area contributed by atoms with Crippen LogP contribution in [0.5, 0.6) is 0 Å². The summed E-state index contributed by atoms with van der Waals surface area (Å²) in [6, 6.07) is 31.1. The van der Waals surface area contributed by atoms with Gasteiger partial charge in [0, 0.05) is 18.9 Å². The fourth-order valence-electron chi connectivity index (χ4n) is 3.38. The summed E-state index contributed by atoms with van der Waals surface area (Å²) in [4.78, 5) is 12.5. The van der Waals surface area contributed by atoms with Gasteiger partial charge in [-0.1, -0.05) is 91.0 Å². The molecule has 3 aromatic rings. The molecule has 1 N–H and O–H groups in total. The minimum atomic E-state index is 0.0942. The fourth-order valence-corrected chi connectivity index (χ4v) is 3.38. The molecular formula is C25H27NO. The van der Waals surface area contributed by atoms with Crippen molar-refractivity contribution in [2.45, 2.75) is 31.6 Å². The minimum Gasteiger partial charge on any atom is -0.356 e. The lowest BCUT2D eigenvalue weighted by atomic mass is 9.88. The SMILES string of the molecule is O=C(CC(c1ccccc1)c1ccccc1)NCCCCc1ccccc1. The zero-order chi connectivity index (χ0) is 18.7.